The van der Waals surface area contributed by atoms with Gasteiger partial charge in [0, 0.05) is 11.3 Å². The number of ether oxygens (including phenoxy) is 2. The molecule has 78 valence electrons. The largest absolute Gasteiger partial charge is 0.491 e. The van der Waals surface area contributed by atoms with Gasteiger partial charge >= 0.3 is 0 Å². The van der Waals surface area contributed by atoms with E-state index in [4.69, 9.17) is 9.47 Å². The summed E-state index contributed by atoms with van der Waals surface area (Å²) in [5.41, 5.74) is 0.654. The van der Waals surface area contributed by atoms with E-state index >= 15 is 0 Å². The third kappa shape index (κ3) is 0.709. The second kappa shape index (κ2) is 2.29. The summed E-state index contributed by atoms with van der Waals surface area (Å²) in [4.78, 5) is 0. The molecule has 2 fully saturated rings. The molecule has 0 aromatic rings. The van der Waals surface area contributed by atoms with Gasteiger partial charge in [-0.1, -0.05) is 20.8 Å². The highest BCUT2D eigenvalue weighted by molar-refractivity contribution is 5.17. The van der Waals surface area contributed by atoms with Gasteiger partial charge in [0.05, 0.1) is 0 Å². The fraction of sp³-hybridized carbons (Fsp3) is 0.833. The Balaban J connectivity index is 2.06. The van der Waals surface area contributed by atoms with Gasteiger partial charge in [0.1, 0.15) is 24.7 Å². The Hall–Kier alpha value is -0.660. The van der Waals surface area contributed by atoms with Crippen molar-refractivity contribution < 1.29 is 9.47 Å². The normalized spacial score (nSPS) is 52.4. The van der Waals surface area contributed by atoms with Crippen LogP contribution in [0.5, 0.6) is 0 Å². The van der Waals surface area contributed by atoms with E-state index in [2.05, 4.69) is 20.8 Å². The Morgan fingerprint density at radius 3 is 2.57 bits per heavy atom. The van der Waals surface area contributed by atoms with Gasteiger partial charge in [0.25, 0.3) is 0 Å². The highest BCUT2D eigenvalue weighted by atomic mass is 16.6. The molecule has 2 heteroatoms. The second-order valence-corrected chi connectivity index (χ2v) is 5.71. The van der Waals surface area contributed by atoms with E-state index in [0.29, 0.717) is 22.9 Å². The average Bonchev–Trinajstić information content (AvgIpc) is 2.49. The van der Waals surface area contributed by atoms with Gasteiger partial charge in [-0.3, -0.25) is 0 Å². The molecule has 2 nitrogen and oxygen atoms in total. The van der Waals surface area contributed by atoms with Gasteiger partial charge in [0.2, 0.25) is 0 Å². The molecule has 3 aliphatic rings. The van der Waals surface area contributed by atoms with Crippen molar-refractivity contribution in [3.8, 4) is 0 Å². The lowest BCUT2D eigenvalue weighted by Crippen LogP contribution is -2.42. The van der Waals surface area contributed by atoms with Crippen LogP contribution in [0.2, 0.25) is 0 Å². The minimum absolute atomic E-state index is 0.279. The first kappa shape index (κ1) is 8.63. The summed E-state index contributed by atoms with van der Waals surface area (Å²) in [5, 5.41) is 0. The molecule has 2 saturated carbocycles. The Kier molecular flexibility index (Phi) is 1.41. The van der Waals surface area contributed by atoms with E-state index in [1.807, 2.05) is 0 Å². The van der Waals surface area contributed by atoms with Gasteiger partial charge in [-0.2, -0.15) is 0 Å². The molecule has 4 unspecified atom stereocenters. The molecule has 2 bridgehead atoms. The zero-order chi connectivity index (χ0) is 9.97. The summed E-state index contributed by atoms with van der Waals surface area (Å²) >= 11 is 0. The third-order valence-corrected chi connectivity index (χ3v) is 5.21. The zero-order valence-corrected chi connectivity index (χ0v) is 9.12. The number of hydrogen-bond acceptors (Lipinski definition) is 2. The average molecular weight is 194 g/mol. The van der Waals surface area contributed by atoms with Crippen molar-refractivity contribution in [3.05, 3.63) is 12.5 Å². The van der Waals surface area contributed by atoms with Crippen LogP contribution in [0.25, 0.3) is 0 Å². The standard InChI is InChI=1S/C12H18O2/c1-11(2)8-4-5-12(11,3)10-9(8)13-6-7-14-10/h6-10H,4-5H2,1-3H3. The maximum atomic E-state index is 5.77. The molecule has 0 aromatic carbocycles. The van der Waals surface area contributed by atoms with E-state index < -0.39 is 0 Å². The van der Waals surface area contributed by atoms with E-state index in [1.165, 1.54) is 12.8 Å². The van der Waals surface area contributed by atoms with Crippen LogP contribution in [0.1, 0.15) is 33.6 Å². The molecular weight excluding hydrogens is 176 g/mol. The lowest BCUT2D eigenvalue weighted by molar-refractivity contribution is -0.0877. The number of rotatable bonds is 0. The molecule has 14 heavy (non-hydrogen) atoms. The Morgan fingerprint density at radius 1 is 1.14 bits per heavy atom. The predicted molar refractivity (Wildman–Crippen MR) is 53.5 cm³/mol. The van der Waals surface area contributed by atoms with Crippen molar-refractivity contribution >= 4 is 0 Å². The van der Waals surface area contributed by atoms with Crippen molar-refractivity contribution in [2.45, 2.75) is 45.8 Å². The lowest BCUT2D eigenvalue weighted by atomic mass is 9.70. The Morgan fingerprint density at radius 2 is 1.86 bits per heavy atom. The topological polar surface area (TPSA) is 18.5 Å². The third-order valence-electron chi connectivity index (χ3n) is 5.21. The van der Waals surface area contributed by atoms with Crippen LogP contribution in [-0.4, -0.2) is 12.2 Å². The Labute approximate surface area is 85.3 Å². The van der Waals surface area contributed by atoms with Gasteiger partial charge in [-0.05, 0) is 18.3 Å². The van der Waals surface area contributed by atoms with Crippen molar-refractivity contribution in [3.63, 3.8) is 0 Å². The number of hydrogen-bond donors (Lipinski definition) is 0. The van der Waals surface area contributed by atoms with Gasteiger partial charge in [-0.25, -0.2) is 0 Å². The van der Waals surface area contributed by atoms with Crippen LogP contribution in [0.15, 0.2) is 12.5 Å². The van der Waals surface area contributed by atoms with Crippen molar-refractivity contribution in [1.29, 1.82) is 0 Å². The molecular formula is C12H18O2. The predicted octanol–water partition coefficient (Wildman–Crippen LogP) is 2.70. The van der Waals surface area contributed by atoms with E-state index in [1.54, 1.807) is 12.5 Å². The van der Waals surface area contributed by atoms with Gasteiger partial charge < -0.3 is 9.47 Å². The minimum Gasteiger partial charge on any atom is -0.491 e. The first-order chi connectivity index (χ1) is 6.57. The van der Waals surface area contributed by atoms with Crippen molar-refractivity contribution in [2.24, 2.45) is 16.7 Å². The molecule has 0 amide bonds. The van der Waals surface area contributed by atoms with Crippen LogP contribution in [0, 0.1) is 16.7 Å². The quantitative estimate of drug-likeness (QED) is 0.590. The molecule has 0 N–H and O–H groups in total. The SMILES string of the molecule is CC1(C)C2CCC1(C)C1OC=COC21. The summed E-state index contributed by atoms with van der Waals surface area (Å²) in [7, 11) is 0. The summed E-state index contributed by atoms with van der Waals surface area (Å²) in [6, 6.07) is 0. The Bertz CT molecular complexity index is 295. The van der Waals surface area contributed by atoms with Gasteiger partial charge in [0.15, 0.2) is 0 Å². The van der Waals surface area contributed by atoms with Crippen LogP contribution in [-0.2, 0) is 9.47 Å². The first-order valence-corrected chi connectivity index (χ1v) is 5.53. The summed E-state index contributed by atoms with van der Waals surface area (Å²) in [6.07, 6.45) is 6.57. The van der Waals surface area contributed by atoms with Gasteiger partial charge in [-0.15, -0.1) is 0 Å². The highest BCUT2D eigenvalue weighted by Crippen LogP contribution is 2.67. The maximum absolute atomic E-state index is 5.77. The molecule has 3 rings (SSSR count). The van der Waals surface area contributed by atoms with Crippen molar-refractivity contribution in [2.75, 3.05) is 0 Å². The van der Waals surface area contributed by atoms with Crippen LogP contribution in [0.4, 0.5) is 0 Å². The molecule has 0 saturated heterocycles. The molecule has 0 spiro atoms. The van der Waals surface area contributed by atoms with E-state index in [9.17, 15) is 0 Å². The van der Waals surface area contributed by atoms with Crippen LogP contribution >= 0.6 is 0 Å². The molecule has 4 atom stereocenters. The molecule has 0 radical (unpaired) electrons. The fourth-order valence-electron chi connectivity index (χ4n) is 3.85. The van der Waals surface area contributed by atoms with E-state index in [-0.39, 0.29) is 6.10 Å². The lowest BCUT2D eigenvalue weighted by Gasteiger charge is -2.39. The fourth-order valence-corrected chi connectivity index (χ4v) is 3.85. The summed E-state index contributed by atoms with van der Waals surface area (Å²) in [6.45, 7) is 7.10. The number of fused-ring (bicyclic) bond motifs is 5. The van der Waals surface area contributed by atoms with Crippen LogP contribution in [0.3, 0.4) is 0 Å². The maximum Gasteiger partial charge on any atom is 0.141 e. The summed E-state index contributed by atoms with van der Waals surface area (Å²) in [5.74, 6) is 0.669. The van der Waals surface area contributed by atoms with Crippen molar-refractivity contribution in [1.82, 2.24) is 0 Å². The van der Waals surface area contributed by atoms with Crippen LogP contribution < -0.4 is 0 Å². The smallest absolute Gasteiger partial charge is 0.141 e. The second-order valence-electron chi connectivity index (χ2n) is 5.71. The molecule has 0 aromatic heterocycles. The molecule has 2 aliphatic carbocycles. The molecule has 1 aliphatic heterocycles. The highest BCUT2D eigenvalue weighted by Gasteiger charge is 2.68. The zero-order valence-electron chi connectivity index (χ0n) is 9.12. The van der Waals surface area contributed by atoms with E-state index in [0.717, 1.165) is 0 Å². The minimum atomic E-state index is 0.279. The molecule has 1 heterocycles. The summed E-state index contributed by atoms with van der Waals surface area (Å²) < 4.78 is 11.5. The monoisotopic (exact) mass is 194 g/mol. The first-order valence-electron chi connectivity index (χ1n) is 5.53.